The zero-order valence-electron chi connectivity index (χ0n) is 7.54. The number of ether oxygens (including phenoxy) is 1. The minimum Gasteiger partial charge on any atom is -0.487 e. The summed E-state index contributed by atoms with van der Waals surface area (Å²) < 4.78 is 30.9. The summed E-state index contributed by atoms with van der Waals surface area (Å²) in [5, 5.41) is 0. The van der Waals surface area contributed by atoms with Crippen molar-refractivity contribution in [3.8, 4) is 5.75 Å². The zero-order valence-corrected chi connectivity index (χ0v) is 7.54. The Morgan fingerprint density at radius 1 is 1.29 bits per heavy atom. The topological polar surface area (TPSA) is 35.2 Å². The van der Waals surface area contributed by atoms with E-state index in [2.05, 4.69) is 0 Å². The number of rotatable bonds is 2. The molecule has 0 unspecified atom stereocenters. The Labute approximate surface area is 80.7 Å². The van der Waals surface area contributed by atoms with Crippen LogP contribution in [0.4, 0.5) is 8.78 Å². The molecule has 4 heteroatoms. The van der Waals surface area contributed by atoms with Gasteiger partial charge in [0, 0.05) is 12.1 Å². The Bertz CT molecular complexity index is 337. The van der Waals surface area contributed by atoms with E-state index in [-0.39, 0.29) is 17.9 Å². The van der Waals surface area contributed by atoms with Gasteiger partial charge >= 0.3 is 0 Å². The first kappa shape index (κ1) is 9.40. The van der Waals surface area contributed by atoms with Crippen molar-refractivity contribution in [3.05, 3.63) is 29.8 Å². The summed E-state index contributed by atoms with van der Waals surface area (Å²) in [4.78, 5) is 0. The quantitative estimate of drug-likeness (QED) is 0.788. The molecule has 1 fully saturated rings. The van der Waals surface area contributed by atoms with Crippen molar-refractivity contribution in [1.82, 2.24) is 0 Å². The summed E-state index contributed by atoms with van der Waals surface area (Å²) in [5.74, 6) is -1.16. The molecule has 2 rings (SSSR count). The second-order valence-corrected chi connectivity index (χ2v) is 3.55. The molecule has 0 aliphatic heterocycles. The van der Waals surface area contributed by atoms with Crippen LogP contribution in [0.1, 0.15) is 12.8 Å². The molecule has 0 aromatic heterocycles. The molecule has 0 radical (unpaired) electrons. The molecule has 0 atom stereocenters. The number of hydrogen-bond donors (Lipinski definition) is 1. The van der Waals surface area contributed by atoms with Crippen LogP contribution in [0.2, 0.25) is 0 Å². The second-order valence-electron chi connectivity index (χ2n) is 3.55. The number of halogens is 2. The van der Waals surface area contributed by atoms with Gasteiger partial charge in [0.15, 0.2) is 11.6 Å². The predicted molar refractivity (Wildman–Crippen MR) is 48.0 cm³/mol. The molecule has 0 bridgehead atoms. The normalized spacial score (nSPS) is 25.6. The first-order valence-electron chi connectivity index (χ1n) is 4.52. The maximum atomic E-state index is 13.1. The van der Waals surface area contributed by atoms with Gasteiger partial charge in [0.2, 0.25) is 0 Å². The minimum atomic E-state index is -0.662. The molecule has 1 aromatic rings. The van der Waals surface area contributed by atoms with E-state index in [1.54, 1.807) is 0 Å². The lowest BCUT2D eigenvalue weighted by Crippen LogP contribution is -2.43. The van der Waals surface area contributed by atoms with Crippen LogP contribution in [-0.4, -0.2) is 12.1 Å². The third-order valence-electron chi connectivity index (χ3n) is 2.32. The number of nitrogens with two attached hydrogens (primary N) is 1. The van der Waals surface area contributed by atoms with Crippen molar-refractivity contribution in [3.63, 3.8) is 0 Å². The minimum absolute atomic E-state index is 0.0232. The van der Waals surface area contributed by atoms with E-state index < -0.39 is 11.6 Å². The van der Waals surface area contributed by atoms with Crippen LogP contribution < -0.4 is 10.5 Å². The van der Waals surface area contributed by atoms with Gasteiger partial charge in [0.05, 0.1) is 0 Å². The van der Waals surface area contributed by atoms with Gasteiger partial charge in [-0.15, -0.1) is 0 Å². The highest BCUT2D eigenvalue weighted by Crippen LogP contribution is 2.26. The fourth-order valence-corrected chi connectivity index (χ4v) is 1.45. The molecule has 2 N–H and O–H groups in total. The molecular weight excluding hydrogens is 188 g/mol. The van der Waals surface area contributed by atoms with Crippen molar-refractivity contribution >= 4 is 0 Å². The molecule has 1 aliphatic carbocycles. The highest BCUT2D eigenvalue weighted by atomic mass is 19.1. The van der Waals surface area contributed by atoms with Crippen LogP contribution in [0.25, 0.3) is 0 Å². The van der Waals surface area contributed by atoms with E-state index in [1.165, 1.54) is 12.1 Å². The van der Waals surface area contributed by atoms with E-state index >= 15 is 0 Å². The molecule has 2 nitrogen and oxygen atoms in total. The zero-order chi connectivity index (χ0) is 10.1. The van der Waals surface area contributed by atoms with Crippen LogP contribution in [0.15, 0.2) is 18.2 Å². The Hall–Kier alpha value is -1.16. The summed E-state index contributed by atoms with van der Waals surface area (Å²) in [6.07, 6.45) is 1.44. The standard InChI is InChI=1S/C10H11F2NO/c11-6-1-2-10(9(12)3-6)14-8-4-7(13)5-8/h1-3,7-8H,4-5,13H2. The van der Waals surface area contributed by atoms with Crippen molar-refractivity contribution in [2.75, 3.05) is 0 Å². The molecule has 0 heterocycles. The number of hydrogen-bond acceptors (Lipinski definition) is 2. The van der Waals surface area contributed by atoms with E-state index in [9.17, 15) is 8.78 Å². The van der Waals surface area contributed by atoms with Crippen LogP contribution in [-0.2, 0) is 0 Å². The van der Waals surface area contributed by atoms with Crippen LogP contribution in [0.5, 0.6) is 5.75 Å². The molecule has 14 heavy (non-hydrogen) atoms. The second kappa shape index (κ2) is 3.53. The van der Waals surface area contributed by atoms with Crippen LogP contribution in [0.3, 0.4) is 0 Å². The molecule has 0 spiro atoms. The maximum Gasteiger partial charge on any atom is 0.167 e. The van der Waals surface area contributed by atoms with Gasteiger partial charge in [-0.1, -0.05) is 0 Å². The summed E-state index contributed by atoms with van der Waals surface area (Å²) >= 11 is 0. The lowest BCUT2D eigenvalue weighted by molar-refractivity contribution is 0.0961. The molecule has 0 saturated heterocycles. The van der Waals surface area contributed by atoms with Gasteiger partial charge in [-0.2, -0.15) is 0 Å². The fourth-order valence-electron chi connectivity index (χ4n) is 1.45. The van der Waals surface area contributed by atoms with Gasteiger partial charge in [0.25, 0.3) is 0 Å². The van der Waals surface area contributed by atoms with Crippen molar-refractivity contribution in [1.29, 1.82) is 0 Å². The largest absolute Gasteiger partial charge is 0.487 e. The first-order valence-corrected chi connectivity index (χ1v) is 4.52. The van der Waals surface area contributed by atoms with Crippen molar-refractivity contribution < 1.29 is 13.5 Å². The number of benzene rings is 1. The van der Waals surface area contributed by atoms with Crippen molar-refractivity contribution in [2.24, 2.45) is 5.73 Å². The summed E-state index contributed by atoms with van der Waals surface area (Å²) in [5.41, 5.74) is 5.55. The van der Waals surface area contributed by atoms with E-state index in [4.69, 9.17) is 10.5 Å². The van der Waals surface area contributed by atoms with Crippen LogP contribution in [0, 0.1) is 11.6 Å². The fraction of sp³-hybridized carbons (Fsp3) is 0.400. The lowest BCUT2D eigenvalue weighted by Gasteiger charge is -2.32. The molecule has 1 aliphatic rings. The van der Waals surface area contributed by atoms with E-state index in [0.29, 0.717) is 0 Å². The van der Waals surface area contributed by atoms with Crippen LogP contribution >= 0.6 is 0 Å². The van der Waals surface area contributed by atoms with Crippen molar-refractivity contribution in [2.45, 2.75) is 25.0 Å². The molecule has 0 amide bonds. The van der Waals surface area contributed by atoms with E-state index in [1.807, 2.05) is 0 Å². The van der Waals surface area contributed by atoms with Gasteiger partial charge in [-0.3, -0.25) is 0 Å². The Balaban J connectivity index is 2.02. The van der Waals surface area contributed by atoms with Gasteiger partial charge < -0.3 is 10.5 Å². The van der Waals surface area contributed by atoms with Gasteiger partial charge in [0.1, 0.15) is 11.9 Å². The Morgan fingerprint density at radius 3 is 2.57 bits per heavy atom. The Kier molecular flexibility index (Phi) is 2.37. The SMILES string of the molecule is NC1CC(Oc2ccc(F)cc2F)C1. The maximum absolute atomic E-state index is 13.1. The van der Waals surface area contributed by atoms with Gasteiger partial charge in [-0.25, -0.2) is 8.78 Å². The summed E-state index contributed by atoms with van der Waals surface area (Å²) in [7, 11) is 0. The third kappa shape index (κ3) is 1.85. The summed E-state index contributed by atoms with van der Waals surface area (Å²) in [6.45, 7) is 0. The predicted octanol–water partition coefficient (Wildman–Crippen LogP) is 1.83. The average Bonchev–Trinajstić information content (AvgIpc) is 2.06. The highest BCUT2D eigenvalue weighted by molar-refractivity contribution is 5.25. The average molecular weight is 199 g/mol. The highest BCUT2D eigenvalue weighted by Gasteiger charge is 2.28. The molecule has 1 aromatic carbocycles. The Morgan fingerprint density at radius 2 is 2.00 bits per heavy atom. The first-order chi connectivity index (χ1) is 6.65. The monoisotopic (exact) mass is 199 g/mol. The smallest absolute Gasteiger partial charge is 0.167 e. The van der Waals surface area contributed by atoms with E-state index in [0.717, 1.165) is 18.9 Å². The third-order valence-corrected chi connectivity index (χ3v) is 2.32. The molecule has 76 valence electrons. The summed E-state index contributed by atoms with van der Waals surface area (Å²) in [6, 6.07) is 3.45. The van der Waals surface area contributed by atoms with Gasteiger partial charge in [-0.05, 0) is 25.0 Å². The molecule has 1 saturated carbocycles. The molecular formula is C10H11F2NO. The lowest BCUT2D eigenvalue weighted by atomic mass is 9.90.